The Bertz CT molecular complexity index is 373. The van der Waals surface area contributed by atoms with Gasteiger partial charge in [-0.2, -0.15) is 0 Å². The molecule has 1 atom stereocenters. The van der Waals surface area contributed by atoms with Crippen LogP contribution in [0.25, 0.3) is 0 Å². The van der Waals surface area contributed by atoms with Gasteiger partial charge in [0, 0.05) is 0 Å². The molecule has 6 heteroatoms. The van der Waals surface area contributed by atoms with Crippen LogP contribution in [0, 0.1) is 10.8 Å². The second-order valence-electron chi connectivity index (χ2n) is 6.57. The fraction of sp³-hybridized carbons (Fsp3) is 0.909. The zero-order chi connectivity index (χ0) is 14.1. The molecule has 0 spiro atoms. The number of hydrogen-bond donors (Lipinski definition) is 2. The molecule has 0 aliphatic rings. The van der Waals surface area contributed by atoms with Crippen LogP contribution in [-0.2, 0) is 14.8 Å². The number of nitrogens with one attached hydrogen (secondary N) is 1. The van der Waals surface area contributed by atoms with Gasteiger partial charge in [-0.25, -0.2) is 13.1 Å². The van der Waals surface area contributed by atoms with Crippen LogP contribution in [0.5, 0.6) is 0 Å². The van der Waals surface area contributed by atoms with E-state index in [2.05, 4.69) is 4.72 Å². The fourth-order valence-electron chi connectivity index (χ4n) is 1.39. The minimum absolute atomic E-state index is 0.0974. The Morgan fingerprint density at radius 1 is 1.18 bits per heavy atom. The quantitative estimate of drug-likeness (QED) is 0.806. The van der Waals surface area contributed by atoms with Gasteiger partial charge in [-0.3, -0.25) is 4.79 Å². The van der Waals surface area contributed by atoms with Gasteiger partial charge in [0.25, 0.3) is 0 Å². The first-order chi connectivity index (χ1) is 7.25. The molecule has 0 fully saturated rings. The third-order valence-corrected chi connectivity index (χ3v) is 3.87. The first-order valence-corrected chi connectivity index (χ1v) is 7.13. The standard InChI is InChI=1S/C11H23NO4S/c1-10(2,3)7-17(15,16)12-8(9(13)14)11(4,5)6/h8,12H,7H2,1-6H3,(H,13,14). The van der Waals surface area contributed by atoms with Crippen LogP contribution in [0.4, 0.5) is 0 Å². The molecule has 1 unspecified atom stereocenters. The van der Waals surface area contributed by atoms with Gasteiger partial charge in [-0.1, -0.05) is 41.5 Å². The lowest BCUT2D eigenvalue weighted by Crippen LogP contribution is -2.50. The number of carbonyl (C=O) groups is 1. The van der Waals surface area contributed by atoms with Crippen LogP contribution in [0.15, 0.2) is 0 Å². The molecule has 102 valence electrons. The molecule has 0 bridgehead atoms. The van der Waals surface area contributed by atoms with Crippen LogP contribution in [0.1, 0.15) is 41.5 Å². The summed E-state index contributed by atoms with van der Waals surface area (Å²) in [4.78, 5) is 11.1. The minimum Gasteiger partial charge on any atom is -0.480 e. The van der Waals surface area contributed by atoms with Gasteiger partial charge >= 0.3 is 5.97 Å². The van der Waals surface area contributed by atoms with Crippen LogP contribution >= 0.6 is 0 Å². The summed E-state index contributed by atoms with van der Waals surface area (Å²) in [6, 6.07) is -1.12. The smallest absolute Gasteiger partial charge is 0.322 e. The zero-order valence-electron chi connectivity index (χ0n) is 11.4. The summed E-state index contributed by atoms with van der Waals surface area (Å²) in [5.74, 6) is -1.25. The van der Waals surface area contributed by atoms with Crippen molar-refractivity contribution in [2.24, 2.45) is 10.8 Å². The van der Waals surface area contributed by atoms with E-state index in [1.54, 1.807) is 41.5 Å². The van der Waals surface area contributed by atoms with Gasteiger partial charge in [0.1, 0.15) is 6.04 Å². The van der Waals surface area contributed by atoms with Crippen LogP contribution < -0.4 is 4.72 Å². The molecule has 0 radical (unpaired) electrons. The van der Waals surface area contributed by atoms with Gasteiger partial charge in [0.2, 0.25) is 10.0 Å². The lowest BCUT2D eigenvalue weighted by Gasteiger charge is -2.29. The highest BCUT2D eigenvalue weighted by molar-refractivity contribution is 7.89. The molecule has 0 aliphatic carbocycles. The molecule has 0 rings (SSSR count). The fourth-order valence-corrected chi connectivity index (χ4v) is 3.43. The normalized spacial score (nSPS) is 15.6. The Morgan fingerprint density at radius 3 is 1.82 bits per heavy atom. The lowest BCUT2D eigenvalue weighted by molar-refractivity contribution is -0.141. The summed E-state index contributed by atoms with van der Waals surface area (Å²) in [6.07, 6.45) is 0. The molecule has 2 N–H and O–H groups in total. The van der Waals surface area contributed by atoms with E-state index in [-0.39, 0.29) is 5.75 Å². The molecule has 0 saturated heterocycles. The van der Waals surface area contributed by atoms with Crippen LogP contribution in [0.2, 0.25) is 0 Å². The topological polar surface area (TPSA) is 83.5 Å². The second kappa shape index (κ2) is 4.94. The van der Waals surface area contributed by atoms with E-state index in [9.17, 15) is 13.2 Å². The first-order valence-electron chi connectivity index (χ1n) is 5.47. The van der Waals surface area contributed by atoms with Crippen molar-refractivity contribution in [1.82, 2.24) is 4.72 Å². The van der Waals surface area contributed by atoms with E-state index in [0.717, 1.165) is 0 Å². The summed E-state index contributed by atoms with van der Waals surface area (Å²) in [5, 5.41) is 9.04. The Labute approximate surface area is 104 Å². The molecule has 5 nitrogen and oxygen atoms in total. The number of rotatable bonds is 4. The SMILES string of the molecule is CC(C)(C)CS(=O)(=O)NC(C(=O)O)C(C)(C)C. The van der Waals surface area contributed by atoms with Crippen molar-refractivity contribution in [2.45, 2.75) is 47.6 Å². The van der Waals surface area contributed by atoms with Gasteiger partial charge in [0.05, 0.1) is 5.75 Å². The third-order valence-electron chi connectivity index (χ3n) is 2.03. The molecular formula is C11H23NO4S. The predicted octanol–water partition coefficient (Wildman–Crippen LogP) is 1.45. The van der Waals surface area contributed by atoms with Crippen molar-refractivity contribution in [3.8, 4) is 0 Å². The molecule has 0 aromatic carbocycles. The van der Waals surface area contributed by atoms with Crippen molar-refractivity contribution < 1.29 is 18.3 Å². The van der Waals surface area contributed by atoms with Crippen LogP contribution in [0.3, 0.4) is 0 Å². The number of hydrogen-bond acceptors (Lipinski definition) is 3. The number of carboxylic acids is 1. The molecule has 0 aliphatic heterocycles. The van der Waals surface area contributed by atoms with Crippen LogP contribution in [-0.4, -0.2) is 31.3 Å². The third kappa shape index (κ3) is 6.63. The highest BCUT2D eigenvalue weighted by Crippen LogP contribution is 2.22. The Hall–Kier alpha value is -0.620. The lowest BCUT2D eigenvalue weighted by atomic mass is 9.88. The molecule has 0 amide bonds. The molecule has 0 saturated carbocycles. The summed E-state index contributed by atoms with van der Waals surface area (Å²) in [7, 11) is -3.60. The molecule has 0 heterocycles. The van der Waals surface area contributed by atoms with E-state index in [1.807, 2.05) is 0 Å². The van der Waals surface area contributed by atoms with E-state index >= 15 is 0 Å². The minimum atomic E-state index is -3.60. The highest BCUT2D eigenvalue weighted by atomic mass is 32.2. The average Bonchev–Trinajstić information content (AvgIpc) is 1.92. The Balaban J connectivity index is 4.97. The molecule has 0 aromatic heterocycles. The van der Waals surface area contributed by atoms with Gasteiger partial charge < -0.3 is 5.11 Å². The number of aliphatic carboxylic acids is 1. The maximum Gasteiger partial charge on any atom is 0.322 e. The summed E-state index contributed by atoms with van der Waals surface area (Å²) in [5.41, 5.74) is -1.08. The maximum absolute atomic E-state index is 11.8. The predicted molar refractivity (Wildman–Crippen MR) is 67.3 cm³/mol. The Morgan fingerprint density at radius 2 is 1.59 bits per heavy atom. The Kier molecular flexibility index (Phi) is 4.76. The van der Waals surface area contributed by atoms with Gasteiger partial charge in [-0.05, 0) is 10.8 Å². The maximum atomic E-state index is 11.8. The monoisotopic (exact) mass is 265 g/mol. The van der Waals surface area contributed by atoms with Gasteiger partial charge in [0.15, 0.2) is 0 Å². The van der Waals surface area contributed by atoms with Crippen molar-refractivity contribution in [3.63, 3.8) is 0 Å². The average molecular weight is 265 g/mol. The molecule has 17 heavy (non-hydrogen) atoms. The largest absolute Gasteiger partial charge is 0.480 e. The van der Waals surface area contributed by atoms with Crippen molar-refractivity contribution in [1.29, 1.82) is 0 Å². The second-order valence-corrected chi connectivity index (χ2v) is 8.33. The van der Waals surface area contributed by atoms with E-state index in [1.165, 1.54) is 0 Å². The highest BCUT2D eigenvalue weighted by Gasteiger charge is 2.35. The summed E-state index contributed by atoms with van der Waals surface area (Å²) >= 11 is 0. The number of sulfonamides is 1. The van der Waals surface area contributed by atoms with Crippen molar-refractivity contribution in [3.05, 3.63) is 0 Å². The molecule has 0 aromatic rings. The van der Waals surface area contributed by atoms with Crippen molar-refractivity contribution >= 4 is 16.0 Å². The van der Waals surface area contributed by atoms with Gasteiger partial charge in [-0.15, -0.1) is 0 Å². The van der Waals surface area contributed by atoms with E-state index in [0.29, 0.717) is 0 Å². The number of carboxylic acid groups (broad SMARTS) is 1. The van der Waals surface area contributed by atoms with E-state index < -0.39 is 32.9 Å². The first kappa shape index (κ1) is 16.4. The zero-order valence-corrected chi connectivity index (χ0v) is 12.2. The summed E-state index contributed by atoms with van der Waals surface area (Å²) < 4.78 is 25.9. The van der Waals surface area contributed by atoms with E-state index in [4.69, 9.17) is 5.11 Å². The summed E-state index contributed by atoms with van der Waals surface area (Å²) in [6.45, 7) is 10.4. The molecular weight excluding hydrogens is 242 g/mol. The van der Waals surface area contributed by atoms with Crippen molar-refractivity contribution in [2.75, 3.05) is 5.75 Å².